The second-order valence-electron chi connectivity index (χ2n) is 8.83. The summed E-state index contributed by atoms with van der Waals surface area (Å²) in [6.45, 7) is 5.01. The molecule has 2 aliphatic heterocycles. The van der Waals surface area contributed by atoms with Gasteiger partial charge in [-0.15, -0.1) is 0 Å². The molecular formula is C24H31FN4O3S. The zero-order chi connectivity index (χ0) is 23.4. The van der Waals surface area contributed by atoms with Gasteiger partial charge in [0.25, 0.3) is 0 Å². The van der Waals surface area contributed by atoms with Crippen LogP contribution < -0.4 is 10.2 Å². The fourth-order valence-corrected chi connectivity index (χ4v) is 5.88. The van der Waals surface area contributed by atoms with Crippen LogP contribution in [-0.2, 0) is 21.4 Å². The molecule has 178 valence electrons. The third kappa shape index (κ3) is 5.72. The molecule has 2 aliphatic rings. The topological polar surface area (TPSA) is 73.0 Å². The van der Waals surface area contributed by atoms with Crippen molar-refractivity contribution in [2.45, 2.75) is 24.3 Å². The smallest absolute Gasteiger partial charge is 0.243 e. The molecule has 2 fully saturated rings. The summed E-state index contributed by atoms with van der Waals surface area (Å²) in [4.78, 5) is 17.5. The third-order valence-electron chi connectivity index (χ3n) is 6.48. The van der Waals surface area contributed by atoms with Gasteiger partial charge >= 0.3 is 0 Å². The van der Waals surface area contributed by atoms with E-state index in [0.29, 0.717) is 25.9 Å². The normalized spacial score (nSPS) is 20.5. The maximum atomic E-state index is 13.2. The number of rotatable bonds is 6. The Labute approximate surface area is 195 Å². The first kappa shape index (κ1) is 23.7. The van der Waals surface area contributed by atoms with Gasteiger partial charge in [0.15, 0.2) is 0 Å². The Hall–Kier alpha value is -2.49. The van der Waals surface area contributed by atoms with Gasteiger partial charge in [-0.1, -0.05) is 12.1 Å². The number of piperazine rings is 1. The minimum Gasteiger partial charge on any atom is -0.369 e. The van der Waals surface area contributed by atoms with Gasteiger partial charge in [0.2, 0.25) is 15.9 Å². The van der Waals surface area contributed by atoms with Gasteiger partial charge in [-0.2, -0.15) is 4.31 Å². The predicted octanol–water partition coefficient (Wildman–Crippen LogP) is 2.29. The lowest BCUT2D eigenvalue weighted by atomic mass is 9.98. The summed E-state index contributed by atoms with van der Waals surface area (Å²) >= 11 is 0. The molecule has 2 aromatic rings. The molecule has 1 amide bonds. The zero-order valence-corrected chi connectivity index (χ0v) is 19.7. The van der Waals surface area contributed by atoms with Crippen LogP contribution >= 0.6 is 0 Å². The number of halogens is 1. The van der Waals surface area contributed by atoms with Gasteiger partial charge in [0, 0.05) is 51.5 Å². The van der Waals surface area contributed by atoms with Crippen LogP contribution in [0.15, 0.2) is 53.4 Å². The fraction of sp³-hybridized carbons (Fsp3) is 0.458. The maximum absolute atomic E-state index is 13.2. The standard InChI is InChI=1S/C24H31FN4O3S/c1-27-13-15-28(16-14-27)22-8-4-19(5-9-22)17-26-24(30)20-3-2-12-29(18-20)33(31,32)23-10-6-21(25)7-11-23/h4-11,20H,2-3,12-18H2,1H3,(H,26,30). The zero-order valence-electron chi connectivity index (χ0n) is 18.9. The molecule has 1 N–H and O–H groups in total. The molecule has 9 heteroatoms. The molecule has 1 unspecified atom stereocenters. The fourth-order valence-electron chi connectivity index (χ4n) is 4.35. The molecule has 2 heterocycles. The number of hydrogen-bond acceptors (Lipinski definition) is 5. The van der Waals surface area contributed by atoms with Gasteiger partial charge in [0.1, 0.15) is 5.82 Å². The number of sulfonamides is 1. The SMILES string of the molecule is CN1CCN(c2ccc(CNC(=O)C3CCCN(S(=O)(=O)c4ccc(F)cc4)C3)cc2)CC1. The van der Waals surface area contributed by atoms with E-state index in [9.17, 15) is 17.6 Å². The highest BCUT2D eigenvalue weighted by Crippen LogP contribution is 2.24. The summed E-state index contributed by atoms with van der Waals surface area (Å²) in [7, 11) is -1.62. The van der Waals surface area contributed by atoms with Gasteiger partial charge in [-0.3, -0.25) is 4.79 Å². The summed E-state index contributed by atoms with van der Waals surface area (Å²) in [5.74, 6) is -1.03. The minimum absolute atomic E-state index is 0.0467. The van der Waals surface area contributed by atoms with Crippen molar-refractivity contribution >= 4 is 21.6 Å². The maximum Gasteiger partial charge on any atom is 0.243 e. The molecule has 1 atom stereocenters. The Balaban J connectivity index is 1.31. The number of piperidine rings is 1. The second kappa shape index (κ2) is 10.2. The first-order valence-electron chi connectivity index (χ1n) is 11.4. The highest BCUT2D eigenvalue weighted by molar-refractivity contribution is 7.89. The number of carbonyl (C=O) groups excluding carboxylic acids is 1. The Morgan fingerprint density at radius 2 is 1.67 bits per heavy atom. The van der Waals surface area contributed by atoms with Crippen molar-refractivity contribution in [1.29, 1.82) is 0 Å². The van der Waals surface area contributed by atoms with Gasteiger partial charge in [0.05, 0.1) is 10.8 Å². The van der Waals surface area contributed by atoms with Crippen molar-refractivity contribution in [3.63, 3.8) is 0 Å². The Morgan fingerprint density at radius 3 is 2.33 bits per heavy atom. The highest BCUT2D eigenvalue weighted by Gasteiger charge is 2.33. The van der Waals surface area contributed by atoms with Crippen molar-refractivity contribution in [3.8, 4) is 0 Å². The number of benzene rings is 2. The van der Waals surface area contributed by atoms with Gasteiger partial charge in [-0.25, -0.2) is 12.8 Å². The molecular weight excluding hydrogens is 443 g/mol. The Kier molecular flexibility index (Phi) is 7.31. The molecule has 33 heavy (non-hydrogen) atoms. The molecule has 2 saturated heterocycles. The van der Waals surface area contributed by atoms with Crippen LogP contribution in [0.1, 0.15) is 18.4 Å². The second-order valence-corrected chi connectivity index (χ2v) is 10.8. The minimum atomic E-state index is -3.75. The van der Waals surface area contributed by atoms with Crippen molar-refractivity contribution in [2.75, 3.05) is 51.2 Å². The average molecular weight is 475 g/mol. The van der Waals surface area contributed by atoms with Crippen molar-refractivity contribution < 1.29 is 17.6 Å². The van der Waals surface area contributed by atoms with Gasteiger partial charge in [-0.05, 0) is 61.9 Å². The van der Waals surface area contributed by atoms with E-state index < -0.39 is 21.8 Å². The molecule has 2 aromatic carbocycles. The van der Waals surface area contributed by atoms with E-state index in [4.69, 9.17) is 0 Å². The number of likely N-dealkylation sites (N-methyl/N-ethyl adjacent to an activating group) is 1. The largest absolute Gasteiger partial charge is 0.369 e. The lowest BCUT2D eigenvalue weighted by Gasteiger charge is -2.34. The van der Waals surface area contributed by atoms with Crippen molar-refractivity contribution in [2.24, 2.45) is 5.92 Å². The number of amides is 1. The number of nitrogens with zero attached hydrogens (tertiary/aromatic N) is 3. The van der Waals surface area contributed by atoms with Crippen LogP contribution in [0.2, 0.25) is 0 Å². The van der Waals surface area contributed by atoms with E-state index in [-0.39, 0.29) is 17.3 Å². The van der Waals surface area contributed by atoms with E-state index in [1.54, 1.807) is 0 Å². The van der Waals surface area contributed by atoms with Crippen LogP contribution in [0.3, 0.4) is 0 Å². The third-order valence-corrected chi connectivity index (χ3v) is 8.36. The van der Waals surface area contributed by atoms with Crippen LogP contribution in [0, 0.1) is 11.7 Å². The Morgan fingerprint density at radius 1 is 1.00 bits per heavy atom. The number of carbonyl (C=O) groups is 1. The highest BCUT2D eigenvalue weighted by atomic mass is 32.2. The van der Waals surface area contributed by atoms with Crippen LogP contribution in [-0.4, -0.2) is 69.8 Å². The molecule has 0 aliphatic carbocycles. The molecule has 0 radical (unpaired) electrons. The predicted molar refractivity (Wildman–Crippen MR) is 126 cm³/mol. The van der Waals surface area contributed by atoms with E-state index in [1.165, 1.54) is 22.1 Å². The van der Waals surface area contributed by atoms with Crippen LogP contribution in [0.4, 0.5) is 10.1 Å². The lowest BCUT2D eigenvalue weighted by molar-refractivity contribution is -0.126. The van der Waals surface area contributed by atoms with E-state index in [1.807, 2.05) is 12.1 Å². The summed E-state index contributed by atoms with van der Waals surface area (Å²) < 4.78 is 40.3. The number of nitrogens with one attached hydrogen (secondary N) is 1. The molecule has 4 rings (SSSR count). The number of anilines is 1. The summed E-state index contributed by atoms with van der Waals surface area (Å²) in [5.41, 5.74) is 2.19. The number of hydrogen-bond donors (Lipinski definition) is 1. The van der Waals surface area contributed by atoms with Crippen molar-refractivity contribution in [3.05, 3.63) is 59.9 Å². The van der Waals surface area contributed by atoms with Crippen LogP contribution in [0.25, 0.3) is 0 Å². The van der Waals surface area contributed by atoms with Crippen molar-refractivity contribution in [1.82, 2.24) is 14.5 Å². The van der Waals surface area contributed by atoms with E-state index in [0.717, 1.165) is 43.9 Å². The monoisotopic (exact) mass is 474 g/mol. The average Bonchev–Trinajstić information content (AvgIpc) is 2.84. The molecule has 7 nitrogen and oxygen atoms in total. The molecule has 0 bridgehead atoms. The summed E-state index contributed by atoms with van der Waals surface area (Å²) in [6, 6.07) is 13.0. The summed E-state index contributed by atoms with van der Waals surface area (Å²) in [5, 5.41) is 2.96. The van der Waals surface area contributed by atoms with Crippen LogP contribution in [0.5, 0.6) is 0 Å². The molecule has 0 aromatic heterocycles. The first-order chi connectivity index (χ1) is 15.8. The van der Waals surface area contributed by atoms with Gasteiger partial charge < -0.3 is 15.1 Å². The van der Waals surface area contributed by atoms with E-state index in [2.05, 4.69) is 34.3 Å². The first-order valence-corrected chi connectivity index (χ1v) is 12.8. The quantitative estimate of drug-likeness (QED) is 0.696. The van der Waals surface area contributed by atoms with E-state index >= 15 is 0 Å². The Bertz CT molecular complexity index is 1050. The molecule has 0 spiro atoms. The summed E-state index contributed by atoms with van der Waals surface area (Å²) in [6.07, 6.45) is 1.25. The molecule has 0 saturated carbocycles. The lowest BCUT2D eigenvalue weighted by Crippen LogP contribution is -2.45.